The highest BCUT2D eigenvalue weighted by atomic mass is 35.5. The number of sulfone groups is 1. The monoisotopic (exact) mass is 646 g/mol. The number of aliphatic imine (C=N–C) groups is 1. The van der Waals surface area contributed by atoms with Gasteiger partial charge in [-0.1, -0.05) is 72.3 Å². The summed E-state index contributed by atoms with van der Waals surface area (Å²) in [5.74, 6) is 0.0951. The molecule has 0 unspecified atom stereocenters. The summed E-state index contributed by atoms with van der Waals surface area (Å²) in [6, 6.07) is 31.9. The minimum absolute atomic E-state index is 0.0346. The zero-order chi connectivity index (χ0) is 31.7. The van der Waals surface area contributed by atoms with Crippen LogP contribution in [0.5, 0.6) is 5.75 Å². The van der Waals surface area contributed by atoms with Crippen LogP contribution in [0, 0.1) is 0 Å². The van der Waals surface area contributed by atoms with Crippen LogP contribution in [0.25, 0.3) is 0 Å². The molecule has 0 aromatic heterocycles. The van der Waals surface area contributed by atoms with Crippen LogP contribution in [-0.2, 0) is 25.8 Å². The second-order valence-corrected chi connectivity index (χ2v) is 13.3. The number of carbonyl (C=O) groups is 1. The van der Waals surface area contributed by atoms with Gasteiger partial charge in [-0.2, -0.15) is 0 Å². The first-order valence-electron chi connectivity index (χ1n) is 14.8. The van der Waals surface area contributed by atoms with Gasteiger partial charge >= 0.3 is 0 Å². The predicted octanol–water partition coefficient (Wildman–Crippen LogP) is 5.58. The molecule has 4 aromatic carbocycles. The molecule has 10 heteroatoms. The number of aliphatic hydroxyl groups excluding tert-OH is 1. The smallest absolute Gasteiger partial charge is 0.252 e. The molecule has 1 amide bonds. The maximum absolute atomic E-state index is 14.3. The van der Waals surface area contributed by atoms with Crippen molar-refractivity contribution in [3.05, 3.63) is 131 Å². The van der Waals surface area contributed by atoms with Gasteiger partial charge in [-0.05, 0) is 66.1 Å². The van der Waals surface area contributed by atoms with E-state index in [0.717, 1.165) is 5.56 Å². The minimum atomic E-state index is -3.75. The molecule has 0 aliphatic carbocycles. The van der Waals surface area contributed by atoms with Gasteiger partial charge in [0.25, 0.3) is 5.91 Å². The highest BCUT2D eigenvalue weighted by molar-refractivity contribution is 7.91. The van der Waals surface area contributed by atoms with Gasteiger partial charge < -0.3 is 19.9 Å². The van der Waals surface area contributed by atoms with Gasteiger partial charge in [-0.3, -0.25) is 4.79 Å². The second kappa shape index (κ2) is 14.7. The third kappa shape index (κ3) is 7.92. The molecule has 1 aliphatic heterocycles. The van der Waals surface area contributed by atoms with Crippen LogP contribution in [-0.4, -0.2) is 56.4 Å². The van der Waals surface area contributed by atoms with Crippen molar-refractivity contribution in [2.45, 2.75) is 35.8 Å². The van der Waals surface area contributed by atoms with E-state index in [1.165, 1.54) is 0 Å². The SMILES string of the molecule is O=C(NCCc1cccc(Cl)c1)[C@]1(CCS(=O)(=O)c2ccccc2)N=C(c2ccc(OCCCO)cc2)O[C@@H]1c1ccccc1. The third-order valence-corrected chi connectivity index (χ3v) is 9.54. The highest BCUT2D eigenvalue weighted by Gasteiger charge is 2.53. The molecule has 2 N–H and O–H groups in total. The molecule has 4 aromatic rings. The molecule has 1 aliphatic rings. The van der Waals surface area contributed by atoms with Crippen LogP contribution < -0.4 is 10.1 Å². The average molecular weight is 647 g/mol. The van der Waals surface area contributed by atoms with E-state index < -0.39 is 27.4 Å². The van der Waals surface area contributed by atoms with Crippen molar-refractivity contribution >= 4 is 33.2 Å². The van der Waals surface area contributed by atoms with Crippen LogP contribution >= 0.6 is 11.6 Å². The molecule has 0 radical (unpaired) electrons. The number of rotatable bonds is 14. The quantitative estimate of drug-likeness (QED) is 0.173. The molecule has 0 bridgehead atoms. The highest BCUT2D eigenvalue weighted by Crippen LogP contribution is 2.43. The normalized spacial score (nSPS) is 17.7. The molecular weight excluding hydrogens is 612 g/mol. The molecule has 8 nitrogen and oxygen atoms in total. The molecule has 1 heterocycles. The maximum atomic E-state index is 14.3. The largest absolute Gasteiger partial charge is 0.494 e. The Hall–Kier alpha value is -4.18. The summed E-state index contributed by atoms with van der Waals surface area (Å²) in [4.78, 5) is 19.4. The minimum Gasteiger partial charge on any atom is -0.494 e. The van der Waals surface area contributed by atoms with E-state index in [1.807, 2.05) is 48.5 Å². The standard InChI is InChI=1S/C35H35ClN2O6S/c36-29-12-7-9-26(25-29)19-21-37-34(40)35(20-24-45(41,42)31-13-5-2-6-14-31)32(27-10-3-1-4-11-27)44-33(38-35)28-15-17-30(18-16-28)43-23-8-22-39/h1-7,9-18,25,32,39H,8,19-24H2,(H,37,40)/t32-,35-/m1/s1. The summed E-state index contributed by atoms with van der Waals surface area (Å²) in [6.45, 7) is 0.698. The maximum Gasteiger partial charge on any atom is 0.252 e. The number of benzene rings is 4. The topological polar surface area (TPSA) is 114 Å². The Bertz CT molecular complexity index is 1720. The number of nitrogens with one attached hydrogen (secondary N) is 1. The first kappa shape index (κ1) is 32.2. The molecule has 0 spiro atoms. The molecule has 0 saturated carbocycles. The summed E-state index contributed by atoms with van der Waals surface area (Å²) >= 11 is 6.15. The Morgan fingerprint density at radius 3 is 2.36 bits per heavy atom. The van der Waals surface area contributed by atoms with Crippen LogP contribution in [0.15, 0.2) is 119 Å². The first-order chi connectivity index (χ1) is 21.8. The van der Waals surface area contributed by atoms with Gasteiger partial charge in [0.05, 0.1) is 17.3 Å². The van der Waals surface area contributed by atoms with E-state index in [0.29, 0.717) is 47.9 Å². The van der Waals surface area contributed by atoms with Crippen molar-refractivity contribution in [2.75, 3.05) is 25.5 Å². The number of hydrogen-bond donors (Lipinski definition) is 2. The molecule has 45 heavy (non-hydrogen) atoms. The second-order valence-electron chi connectivity index (χ2n) is 10.7. The number of aliphatic hydroxyl groups is 1. The molecule has 5 rings (SSSR count). The Balaban J connectivity index is 1.49. The lowest BCUT2D eigenvalue weighted by Gasteiger charge is -2.30. The fourth-order valence-electron chi connectivity index (χ4n) is 5.20. The number of amides is 1. The average Bonchev–Trinajstić information content (AvgIpc) is 3.46. The number of hydrogen-bond acceptors (Lipinski definition) is 7. The van der Waals surface area contributed by atoms with Crippen molar-refractivity contribution < 1.29 is 27.8 Å². The van der Waals surface area contributed by atoms with Crippen molar-refractivity contribution in [3.63, 3.8) is 0 Å². The molecule has 234 valence electrons. The van der Waals surface area contributed by atoms with Gasteiger partial charge in [0.1, 0.15) is 5.75 Å². The van der Waals surface area contributed by atoms with Crippen LogP contribution in [0.3, 0.4) is 0 Å². The number of ether oxygens (including phenoxy) is 2. The number of halogens is 1. The van der Waals surface area contributed by atoms with Crippen LogP contribution in [0.1, 0.15) is 35.6 Å². The summed E-state index contributed by atoms with van der Waals surface area (Å²) in [7, 11) is -3.75. The summed E-state index contributed by atoms with van der Waals surface area (Å²) in [6.07, 6.45) is 0.0393. The Kier molecular flexibility index (Phi) is 10.5. The molecular formula is C35H35ClN2O6S. The van der Waals surface area contributed by atoms with Gasteiger partial charge in [0.15, 0.2) is 21.5 Å². The molecule has 0 saturated heterocycles. The molecule has 2 atom stereocenters. The third-order valence-electron chi connectivity index (χ3n) is 7.57. The van der Waals surface area contributed by atoms with Crippen LogP contribution in [0.4, 0.5) is 0 Å². The molecule has 0 fully saturated rings. The first-order valence-corrected chi connectivity index (χ1v) is 16.8. The van der Waals surface area contributed by atoms with E-state index in [2.05, 4.69) is 5.32 Å². The van der Waals surface area contributed by atoms with E-state index in [9.17, 15) is 13.2 Å². The summed E-state index contributed by atoms with van der Waals surface area (Å²) in [5, 5.41) is 12.7. The van der Waals surface area contributed by atoms with Gasteiger partial charge in [-0.15, -0.1) is 0 Å². The van der Waals surface area contributed by atoms with Gasteiger partial charge in [-0.25, -0.2) is 13.4 Å². The van der Waals surface area contributed by atoms with Gasteiger partial charge in [0, 0.05) is 36.6 Å². The fourth-order valence-corrected chi connectivity index (χ4v) is 6.80. The van der Waals surface area contributed by atoms with Gasteiger partial charge in [0.2, 0.25) is 5.90 Å². The zero-order valence-electron chi connectivity index (χ0n) is 24.6. The Morgan fingerprint density at radius 2 is 1.67 bits per heavy atom. The van der Waals surface area contributed by atoms with Crippen LogP contribution in [0.2, 0.25) is 5.02 Å². The Labute approximate surface area is 268 Å². The lowest BCUT2D eigenvalue weighted by Crippen LogP contribution is -2.49. The van der Waals surface area contributed by atoms with E-state index in [1.54, 1.807) is 60.7 Å². The van der Waals surface area contributed by atoms with E-state index in [-0.39, 0.29) is 29.6 Å². The van der Waals surface area contributed by atoms with Crippen molar-refractivity contribution in [3.8, 4) is 5.75 Å². The van der Waals surface area contributed by atoms with Crippen molar-refractivity contribution in [1.82, 2.24) is 5.32 Å². The lowest BCUT2D eigenvalue weighted by molar-refractivity contribution is -0.129. The lowest BCUT2D eigenvalue weighted by atomic mass is 9.85. The predicted molar refractivity (Wildman–Crippen MR) is 174 cm³/mol. The summed E-state index contributed by atoms with van der Waals surface area (Å²) < 4.78 is 39.0. The summed E-state index contributed by atoms with van der Waals surface area (Å²) in [5.41, 5.74) is 0.687. The zero-order valence-corrected chi connectivity index (χ0v) is 26.2. The van der Waals surface area contributed by atoms with Crippen molar-refractivity contribution in [2.24, 2.45) is 4.99 Å². The fraction of sp³-hybridized carbons (Fsp3) is 0.257. The Morgan fingerprint density at radius 1 is 0.956 bits per heavy atom. The number of carbonyl (C=O) groups excluding carboxylic acids is 1. The van der Waals surface area contributed by atoms with E-state index in [4.69, 9.17) is 31.2 Å². The number of nitrogens with zero attached hydrogens (tertiary/aromatic N) is 1. The van der Waals surface area contributed by atoms with E-state index >= 15 is 0 Å². The van der Waals surface area contributed by atoms with Crippen molar-refractivity contribution in [1.29, 1.82) is 0 Å².